The van der Waals surface area contributed by atoms with E-state index in [1.807, 2.05) is 32.9 Å². The zero-order valence-electron chi connectivity index (χ0n) is 16.2. The molecule has 28 heavy (non-hydrogen) atoms. The molecule has 0 bridgehead atoms. The van der Waals surface area contributed by atoms with Crippen molar-refractivity contribution in [2.24, 2.45) is 0 Å². The van der Waals surface area contributed by atoms with Gasteiger partial charge in [-0.2, -0.15) is 0 Å². The first kappa shape index (κ1) is 21.7. The lowest BCUT2D eigenvalue weighted by atomic mass is 10.2. The summed E-state index contributed by atoms with van der Waals surface area (Å²) < 4.78 is 11.5. The van der Waals surface area contributed by atoms with Gasteiger partial charge in [0.2, 0.25) is 0 Å². The molecule has 2 aromatic rings. The number of aliphatic carboxylic acids is 1. The number of ether oxygens (including phenoxy) is 2. The molecule has 2 rings (SSSR count). The Morgan fingerprint density at radius 1 is 1.18 bits per heavy atom. The molecule has 1 aromatic carbocycles. The van der Waals surface area contributed by atoms with Crippen LogP contribution < -0.4 is 9.47 Å². The number of halogens is 1. The van der Waals surface area contributed by atoms with Gasteiger partial charge in [0.15, 0.2) is 5.78 Å². The minimum atomic E-state index is -0.916. The molecule has 7 heteroatoms. The molecule has 1 heterocycles. The van der Waals surface area contributed by atoms with Crippen LogP contribution in [0.15, 0.2) is 30.5 Å². The number of aromatic nitrogens is 1. The summed E-state index contributed by atoms with van der Waals surface area (Å²) in [6.45, 7) is 5.54. The predicted molar refractivity (Wildman–Crippen MR) is 106 cm³/mol. The lowest BCUT2D eigenvalue weighted by molar-refractivity contribution is -0.137. The molecule has 6 nitrogen and oxygen atoms in total. The molecule has 150 valence electrons. The van der Waals surface area contributed by atoms with Crippen molar-refractivity contribution < 1.29 is 24.2 Å². The zero-order valence-corrected chi connectivity index (χ0v) is 17.0. The van der Waals surface area contributed by atoms with Gasteiger partial charge in [0.1, 0.15) is 24.2 Å². The topological polar surface area (TPSA) is 85.7 Å². The van der Waals surface area contributed by atoms with Crippen molar-refractivity contribution in [3.8, 4) is 11.5 Å². The van der Waals surface area contributed by atoms with Crippen molar-refractivity contribution >= 4 is 23.4 Å². The Hall–Kier alpha value is -2.60. The molecular weight excluding hydrogens is 382 g/mol. The van der Waals surface area contributed by atoms with E-state index in [0.29, 0.717) is 22.9 Å². The smallest absolute Gasteiger partial charge is 0.303 e. The lowest BCUT2D eigenvalue weighted by Gasteiger charge is -2.17. The number of rotatable bonds is 10. The molecule has 0 saturated carbocycles. The number of carboxylic acid groups (broad SMARTS) is 1. The minimum absolute atomic E-state index is 0.0331. The summed E-state index contributed by atoms with van der Waals surface area (Å²) in [5.74, 6) is -0.137. The van der Waals surface area contributed by atoms with Crippen LogP contribution in [-0.4, -0.2) is 28.4 Å². The first-order valence-electron chi connectivity index (χ1n) is 9.02. The van der Waals surface area contributed by atoms with Gasteiger partial charge in [0, 0.05) is 25.1 Å². The number of ketones is 1. The molecule has 0 aliphatic rings. The minimum Gasteiger partial charge on any atom is -0.485 e. The fourth-order valence-electron chi connectivity index (χ4n) is 2.52. The van der Waals surface area contributed by atoms with E-state index >= 15 is 0 Å². The van der Waals surface area contributed by atoms with E-state index in [0.717, 1.165) is 16.8 Å². The first-order valence-corrected chi connectivity index (χ1v) is 9.39. The van der Waals surface area contributed by atoms with Gasteiger partial charge < -0.3 is 14.6 Å². The fourth-order valence-corrected chi connectivity index (χ4v) is 2.78. The third-order valence-electron chi connectivity index (χ3n) is 4.12. The Morgan fingerprint density at radius 3 is 2.57 bits per heavy atom. The Bertz CT molecular complexity index is 835. The second-order valence-electron chi connectivity index (χ2n) is 6.64. The van der Waals surface area contributed by atoms with Gasteiger partial charge in [-0.1, -0.05) is 17.7 Å². The summed E-state index contributed by atoms with van der Waals surface area (Å²) in [4.78, 5) is 26.7. The number of carbonyl (C=O) groups is 2. The lowest BCUT2D eigenvalue weighted by Crippen LogP contribution is -2.12. The maximum atomic E-state index is 11.9. The number of carbonyl (C=O) groups excluding carboxylic acids is 1. The van der Waals surface area contributed by atoms with Gasteiger partial charge in [0.25, 0.3) is 0 Å². The van der Waals surface area contributed by atoms with Crippen LogP contribution >= 0.6 is 11.6 Å². The van der Waals surface area contributed by atoms with E-state index in [-0.39, 0.29) is 31.3 Å². The van der Waals surface area contributed by atoms with Crippen LogP contribution in [0.2, 0.25) is 5.02 Å². The maximum absolute atomic E-state index is 11.9. The Labute approximate surface area is 169 Å². The number of hydrogen-bond acceptors (Lipinski definition) is 5. The summed E-state index contributed by atoms with van der Waals surface area (Å²) in [7, 11) is 0. The summed E-state index contributed by atoms with van der Waals surface area (Å²) in [5.41, 5.74) is 2.61. The highest BCUT2D eigenvalue weighted by molar-refractivity contribution is 6.32. The summed E-state index contributed by atoms with van der Waals surface area (Å²) >= 11 is 6.30. The second kappa shape index (κ2) is 10.1. The number of benzene rings is 1. The van der Waals surface area contributed by atoms with Gasteiger partial charge in [-0.15, -0.1) is 0 Å². The first-order chi connectivity index (χ1) is 13.3. The molecule has 0 unspecified atom stereocenters. The number of nitrogens with zero attached hydrogens (tertiary/aromatic N) is 1. The molecule has 0 saturated heterocycles. The van der Waals surface area contributed by atoms with Gasteiger partial charge >= 0.3 is 5.97 Å². The second-order valence-corrected chi connectivity index (χ2v) is 7.05. The number of Topliss-reactive ketones (excluding diaryl/α,β-unsaturated/α-hetero) is 1. The monoisotopic (exact) mass is 405 g/mol. The van der Waals surface area contributed by atoms with E-state index in [1.54, 1.807) is 18.3 Å². The van der Waals surface area contributed by atoms with Crippen molar-refractivity contribution in [2.75, 3.05) is 6.61 Å². The highest BCUT2D eigenvalue weighted by atomic mass is 35.5. The molecule has 0 spiro atoms. The van der Waals surface area contributed by atoms with Crippen LogP contribution in [-0.2, 0) is 9.59 Å². The van der Waals surface area contributed by atoms with E-state index in [9.17, 15) is 9.59 Å². The van der Waals surface area contributed by atoms with Crippen LogP contribution in [0.5, 0.6) is 11.5 Å². The standard InChI is InChI=1S/C21H24ClNO5/c1-13-7-8-18(23-11-13)15(3)28-20-10-19(14(2)9-17(20)22)27-12-16(24)5-4-6-21(25)26/h7-11,15H,4-6,12H2,1-3H3,(H,25,26)/t15-/m1/s1. The van der Waals surface area contributed by atoms with Crippen molar-refractivity contribution in [3.63, 3.8) is 0 Å². The van der Waals surface area contributed by atoms with E-state index in [1.165, 1.54) is 0 Å². The van der Waals surface area contributed by atoms with Gasteiger partial charge in [0.05, 0.1) is 10.7 Å². The van der Waals surface area contributed by atoms with Gasteiger partial charge in [-0.3, -0.25) is 14.6 Å². The van der Waals surface area contributed by atoms with Crippen molar-refractivity contribution in [2.45, 2.75) is 46.1 Å². The van der Waals surface area contributed by atoms with Crippen LogP contribution in [0, 0.1) is 13.8 Å². The highest BCUT2D eigenvalue weighted by Crippen LogP contribution is 2.35. The van der Waals surface area contributed by atoms with E-state index in [2.05, 4.69) is 4.98 Å². The van der Waals surface area contributed by atoms with Crippen molar-refractivity contribution in [3.05, 3.63) is 52.3 Å². The molecule has 0 fully saturated rings. The number of aryl methyl sites for hydroxylation is 2. The molecule has 0 amide bonds. The van der Waals surface area contributed by atoms with Crippen LogP contribution in [0.25, 0.3) is 0 Å². The van der Waals surface area contributed by atoms with E-state index in [4.69, 9.17) is 26.2 Å². The molecule has 1 aromatic heterocycles. The number of pyridine rings is 1. The summed E-state index contributed by atoms with van der Waals surface area (Å²) in [5, 5.41) is 9.06. The Balaban J connectivity index is 2.01. The third-order valence-corrected chi connectivity index (χ3v) is 4.41. The summed E-state index contributed by atoms with van der Waals surface area (Å²) in [6.07, 6.45) is 1.89. The van der Waals surface area contributed by atoms with Crippen molar-refractivity contribution in [1.82, 2.24) is 4.98 Å². The van der Waals surface area contributed by atoms with Gasteiger partial charge in [-0.25, -0.2) is 0 Å². The van der Waals surface area contributed by atoms with Crippen LogP contribution in [0.4, 0.5) is 0 Å². The van der Waals surface area contributed by atoms with Gasteiger partial charge in [-0.05, 0) is 50.5 Å². The number of hydrogen-bond donors (Lipinski definition) is 1. The Morgan fingerprint density at radius 2 is 1.93 bits per heavy atom. The largest absolute Gasteiger partial charge is 0.485 e. The molecular formula is C21H24ClNO5. The molecule has 0 radical (unpaired) electrons. The maximum Gasteiger partial charge on any atom is 0.303 e. The Kier molecular flexibility index (Phi) is 7.81. The zero-order chi connectivity index (χ0) is 20.7. The molecule has 1 atom stereocenters. The van der Waals surface area contributed by atoms with E-state index < -0.39 is 5.97 Å². The normalized spacial score (nSPS) is 11.7. The van der Waals surface area contributed by atoms with Crippen LogP contribution in [0.1, 0.15) is 49.1 Å². The van der Waals surface area contributed by atoms with Crippen molar-refractivity contribution in [1.29, 1.82) is 0 Å². The average Bonchev–Trinajstić information content (AvgIpc) is 2.63. The highest BCUT2D eigenvalue weighted by Gasteiger charge is 2.15. The third kappa shape index (κ3) is 6.53. The quantitative estimate of drug-likeness (QED) is 0.616. The molecule has 1 N–H and O–H groups in total. The van der Waals surface area contributed by atoms with Crippen LogP contribution in [0.3, 0.4) is 0 Å². The molecule has 0 aliphatic carbocycles. The average molecular weight is 406 g/mol. The molecule has 0 aliphatic heterocycles. The fraction of sp³-hybridized carbons (Fsp3) is 0.381. The number of carboxylic acids is 1. The SMILES string of the molecule is Cc1ccc([C@@H](C)Oc2cc(OCC(=O)CCCC(=O)O)c(C)cc2Cl)nc1. The summed E-state index contributed by atoms with van der Waals surface area (Å²) in [6, 6.07) is 7.24. The predicted octanol–water partition coefficient (Wildman–Crippen LogP) is 4.69.